The van der Waals surface area contributed by atoms with Crippen LogP contribution in [0.25, 0.3) is 0 Å². The summed E-state index contributed by atoms with van der Waals surface area (Å²) in [6.45, 7) is 1.58. The van der Waals surface area contributed by atoms with Crippen molar-refractivity contribution in [1.29, 1.82) is 0 Å². The molecular weight excluding hydrogens is 436 g/mol. The smallest absolute Gasteiger partial charge is 0.325 e. The number of carbonyl (C=O) groups excluding carboxylic acids is 3. The Labute approximate surface area is 187 Å². The summed E-state index contributed by atoms with van der Waals surface area (Å²) in [6, 6.07) is 5.65. The molecule has 4 rings (SSSR count). The molecule has 4 amide bonds. The second kappa shape index (κ2) is 9.16. The van der Waals surface area contributed by atoms with Crippen LogP contribution in [0.2, 0.25) is 0 Å². The van der Waals surface area contributed by atoms with E-state index in [-0.39, 0.29) is 35.7 Å². The Balaban J connectivity index is 1.26. The number of nitrogens with zero attached hydrogens (tertiary/aromatic N) is 2. The Morgan fingerprint density at radius 2 is 1.75 bits per heavy atom. The molecule has 2 N–H and O–H groups in total. The number of benzene rings is 1. The summed E-state index contributed by atoms with van der Waals surface area (Å²) in [6.07, 6.45) is 3.68. The lowest BCUT2D eigenvalue weighted by molar-refractivity contribution is -0.131. The van der Waals surface area contributed by atoms with Gasteiger partial charge in [-0.3, -0.25) is 14.5 Å². The number of imide groups is 1. The van der Waals surface area contributed by atoms with Crippen molar-refractivity contribution in [3.05, 3.63) is 24.3 Å². The lowest BCUT2D eigenvalue weighted by Gasteiger charge is -2.26. The molecule has 0 bridgehead atoms. The summed E-state index contributed by atoms with van der Waals surface area (Å²) in [7, 11) is -3.59. The zero-order valence-corrected chi connectivity index (χ0v) is 18.7. The average Bonchev–Trinajstić information content (AvgIpc) is 3.35. The lowest BCUT2D eigenvalue weighted by Crippen LogP contribution is -2.44. The number of hydrogen-bond donors (Lipinski definition) is 2. The van der Waals surface area contributed by atoms with Gasteiger partial charge in [-0.15, -0.1) is 0 Å². The van der Waals surface area contributed by atoms with E-state index in [2.05, 4.69) is 10.6 Å². The number of morpholine rings is 1. The number of carbonyl (C=O) groups is 3. The summed E-state index contributed by atoms with van der Waals surface area (Å²) in [5.74, 6) is -0.450. The summed E-state index contributed by atoms with van der Waals surface area (Å²) < 4.78 is 31.9. The highest BCUT2D eigenvalue weighted by Gasteiger charge is 2.52. The molecule has 0 radical (unpaired) electrons. The van der Waals surface area contributed by atoms with Crippen molar-refractivity contribution in [3.8, 4) is 0 Å². The fourth-order valence-electron chi connectivity index (χ4n) is 4.46. The van der Waals surface area contributed by atoms with Gasteiger partial charge in [-0.2, -0.15) is 4.31 Å². The van der Waals surface area contributed by atoms with E-state index in [1.165, 1.54) is 21.3 Å². The molecule has 3 aliphatic rings. The van der Waals surface area contributed by atoms with Crippen molar-refractivity contribution >= 4 is 33.6 Å². The van der Waals surface area contributed by atoms with Crippen molar-refractivity contribution in [1.82, 2.24) is 14.5 Å². The minimum atomic E-state index is -3.59. The molecule has 1 aliphatic carbocycles. The zero-order valence-electron chi connectivity index (χ0n) is 17.8. The molecule has 0 aromatic heterocycles. The van der Waals surface area contributed by atoms with Crippen LogP contribution in [0.5, 0.6) is 0 Å². The molecule has 2 aliphatic heterocycles. The zero-order chi connectivity index (χ0) is 22.8. The SMILES string of the molecule is O=C(CCCN1C(=O)NC2(CCCC2)C1=O)Nc1ccc(S(=O)(=O)N2CCOCC2)cc1. The van der Waals surface area contributed by atoms with Crippen molar-refractivity contribution in [2.75, 3.05) is 38.2 Å². The third kappa shape index (κ3) is 4.50. The average molecular weight is 465 g/mol. The van der Waals surface area contributed by atoms with Crippen LogP contribution in [0.1, 0.15) is 38.5 Å². The van der Waals surface area contributed by atoms with E-state index in [9.17, 15) is 22.8 Å². The first-order valence-electron chi connectivity index (χ1n) is 10.9. The fraction of sp³-hybridized carbons (Fsp3) is 0.571. The largest absolute Gasteiger partial charge is 0.379 e. The van der Waals surface area contributed by atoms with Crippen LogP contribution in [0.15, 0.2) is 29.2 Å². The number of sulfonamides is 1. The molecule has 2 heterocycles. The Hall–Kier alpha value is -2.50. The highest BCUT2D eigenvalue weighted by atomic mass is 32.2. The van der Waals surface area contributed by atoms with Crippen LogP contribution in [0.4, 0.5) is 10.5 Å². The number of nitrogens with one attached hydrogen (secondary N) is 2. The van der Waals surface area contributed by atoms with Crippen LogP contribution >= 0.6 is 0 Å². The van der Waals surface area contributed by atoms with Gasteiger partial charge in [0.25, 0.3) is 5.91 Å². The van der Waals surface area contributed by atoms with Gasteiger partial charge in [0.15, 0.2) is 0 Å². The molecule has 3 fully saturated rings. The van der Waals surface area contributed by atoms with E-state index in [1.54, 1.807) is 12.1 Å². The minimum absolute atomic E-state index is 0.137. The second-order valence-corrected chi connectivity index (χ2v) is 10.3. The molecule has 2 saturated heterocycles. The van der Waals surface area contributed by atoms with Crippen LogP contribution < -0.4 is 10.6 Å². The Morgan fingerprint density at radius 3 is 2.41 bits per heavy atom. The van der Waals surface area contributed by atoms with Crippen molar-refractivity contribution in [3.63, 3.8) is 0 Å². The van der Waals surface area contributed by atoms with Crippen LogP contribution in [0.3, 0.4) is 0 Å². The highest BCUT2D eigenvalue weighted by Crippen LogP contribution is 2.35. The standard InChI is InChI=1S/C21H28N4O6S/c26-18(4-3-11-25-19(27)21(23-20(25)28)9-1-2-10-21)22-16-5-7-17(8-6-16)32(29,30)24-12-14-31-15-13-24/h5-8H,1-4,9-15H2,(H,22,26)(H,23,28). The summed E-state index contributed by atoms with van der Waals surface area (Å²) in [4.78, 5) is 38.4. The van der Waals surface area contributed by atoms with E-state index < -0.39 is 15.6 Å². The number of ether oxygens (including phenoxy) is 1. The maximum absolute atomic E-state index is 12.7. The first kappa shape index (κ1) is 22.7. The van der Waals surface area contributed by atoms with Gasteiger partial charge in [-0.25, -0.2) is 13.2 Å². The monoisotopic (exact) mass is 464 g/mol. The first-order chi connectivity index (χ1) is 15.3. The van der Waals surface area contributed by atoms with E-state index >= 15 is 0 Å². The van der Waals surface area contributed by atoms with E-state index in [0.717, 1.165) is 12.8 Å². The van der Waals surface area contributed by atoms with Crippen LogP contribution in [0, 0.1) is 0 Å². The number of anilines is 1. The van der Waals surface area contributed by atoms with Gasteiger partial charge in [-0.1, -0.05) is 12.8 Å². The van der Waals surface area contributed by atoms with Crippen molar-refractivity contribution in [2.24, 2.45) is 0 Å². The molecule has 0 atom stereocenters. The third-order valence-electron chi connectivity index (χ3n) is 6.23. The van der Waals surface area contributed by atoms with Gasteiger partial charge in [-0.05, 0) is 43.5 Å². The van der Waals surface area contributed by atoms with Crippen molar-refractivity contribution < 1.29 is 27.5 Å². The van der Waals surface area contributed by atoms with Crippen LogP contribution in [-0.4, -0.2) is 73.9 Å². The molecule has 11 heteroatoms. The van der Waals surface area contributed by atoms with E-state index in [4.69, 9.17) is 4.74 Å². The number of rotatable bonds is 7. The van der Waals surface area contributed by atoms with Gasteiger partial charge >= 0.3 is 6.03 Å². The molecule has 32 heavy (non-hydrogen) atoms. The van der Waals surface area contributed by atoms with Crippen molar-refractivity contribution in [2.45, 2.75) is 49.0 Å². The lowest BCUT2D eigenvalue weighted by atomic mass is 9.98. The Kier molecular flexibility index (Phi) is 6.50. The second-order valence-electron chi connectivity index (χ2n) is 8.37. The van der Waals surface area contributed by atoms with E-state index in [1.807, 2.05) is 0 Å². The Morgan fingerprint density at radius 1 is 1.09 bits per heavy atom. The van der Waals surface area contributed by atoms with Gasteiger partial charge in [0, 0.05) is 31.7 Å². The van der Waals surface area contributed by atoms with Gasteiger partial charge in [0.05, 0.1) is 18.1 Å². The number of urea groups is 1. The minimum Gasteiger partial charge on any atom is -0.379 e. The highest BCUT2D eigenvalue weighted by molar-refractivity contribution is 7.89. The number of amides is 4. The maximum Gasteiger partial charge on any atom is 0.325 e. The molecule has 10 nitrogen and oxygen atoms in total. The van der Waals surface area contributed by atoms with Gasteiger partial charge < -0.3 is 15.4 Å². The summed E-state index contributed by atoms with van der Waals surface area (Å²) in [5.41, 5.74) is -0.251. The predicted octanol–water partition coefficient (Wildman–Crippen LogP) is 1.29. The number of hydrogen-bond acceptors (Lipinski definition) is 6. The first-order valence-corrected chi connectivity index (χ1v) is 12.4. The quantitative estimate of drug-likeness (QED) is 0.586. The Bertz CT molecular complexity index is 982. The van der Waals surface area contributed by atoms with E-state index in [0.29, 0.717) is 51.3 Å². The molecule has 1 aromatic rings. The molecule has 174 valence electrons. The summed E-state index contributed by atoms with van der Waals surface area (Å²) in [5, 5.41) is 5.55. The van der Waals surface area contributed by atoms with Gasteiger partial charge in [0.1, 0.15) is 5.54 Å². The fourth-order valence-corrected chi connectivity index (χ4v) is 5.87. The maximum atomic E-state index is 12.7. The summed E-state index contributed by atoms with van der Waals surface area (Å²) >= 11 is 0. The normalized spacial score (nSPS) is 21.2. The topological polar surface area (TPSA) is 125 Å². The molecule has 1 saturated carbocycles. The molecular formula is C21H28N4O6S. The predicted molar refractivity (Wildman–Crippen MR) is 115 cm³/mol. The molecule has 1 spiro atoms. The molecule has 0 unspecified atom stereocenters. The molecule has 1 aromatic carbocycles. The van der Waals surface area contributed by atoms with Gasteiger partial charge in [0.2, 0.25) is 15.9 Å². The third-order valence-corrected chi connectivity index (χ3v) is 8.15. The van der Waals surface area contributed by atoms with Crippen LogP contribution in [-0.2, 0) is 24.3 Å².